The highest BCUT2D eigenvalue weighted by Gasteiger charge is 2.20. The van der Waals surface area contributed by atoms with Crippen LogP contribution in [0.4, 0.5) is 0 Å². The average molecular weight is 252 g/mol. The van der Waals surface area contributed by atoms with Crippen LogP contribution in [-0.2, 0) is 9.84 Å². The van der Waals surface area contributed by atoms with Crippen molar-refractivity contribution in [3.63, 3.8) is 0 Å². The van der Waals surface area contributed by atoms with Gasteiger partial charge in [0.15, 0.2) is 11.5 Å². The van der Waals surface area contributed by atoms with E-state index in [4.69, 9.17) is 9.47 Å². The van der Waals surface area contributed by atoms with E-state index in [0.717, 1.165) is 0 Å². The van der Waals surface area contributed by atoms with E-state index >= 15 is 0 Å². The number of ether oxygens (including phenoxy) is 2. The predicted molar refractivity (Wildman–Crippen MR) is 64.0 cm³/mol. The first-order valence-electron chi connectivity index (χ1n) is 5.02. The maximum atomic E-state index is 12.0. The summed E-state index contributed by atoms with van der Waals surface area (Å²) in [6.45, 7) is 7.75. The standard InChI is InChI=1S/C12H12O4S/c1-3-9(2)17(13,14)10-4-5-11-12(8-10)16-7-6-15-11/h3-5,8H,1-2,6-7H2. The molecule has 0 spiro atoms. The molecule has 0 amide bonds. The summed E-state index contributed by atoms with van der Waals surface area (Å²) in [5.41, 5.74) is 0. The fourth-order valence-electron chi connectivity index (χ4n) is 1.45. The molecule has 0 bridgehead atoms. The number of hydrogen-bond donors (Lipinski definition) is 0. The molecule has 1 heterocycles. The third-order valence-electron chi connectivity index (χ3n) is 2.40. The SMILES string of the molecule is C=CC(=C)S(=O)(=O)c1ccc2c(c1)OCCO2. The van der Waals surface area contributed by atoms with Gasteiger partial charge < -0.3 is 9.47 Å². The van der Waals surface area contributed by atoms with E-state index in [9.17, 15) is 8.42 Å². The molecular formula is C12H12O4S. The Bertz CT molecular complexity index is 572. The van der Waals surface area contributed by atoms with Gasteiger partial charge in [-0.3, -0.25) is 0 Å². The molecule has 17 heavy (non-hydrogen) atoms. The van der Waals surface area contributed by atoms with E-state index in [0.29, 0.717) is 24.7 Å². The first-order chi connectivity index (χ1) is 8.05. The largest absolute Gasteiger partial charge is 0.486 e. The normalized spacial score (nSPS) is 14.1. The van der Waals surface area contributed by atoms with Crippen LogP contribution in [0, 0.1) is 0 Å². The second-order valence-corrected chi connectivity index (χ2v) is 5.48. The molecule has 2 rings (SSSR count). The van der Waals surface area contributed by atoms with Crippen LogP contribution in [0.25, 0.3) is 0 Å². The zero-order valence-corrected chi connectivity index (χ0v) is 10.00. The Labute approximate surface area is 100 Å². The van der Waals surface area contributed by atoms with E-state index in [1.54, 1.807) is 6.07 Å². The van der Waals surface area contributed by atoms with Crippen molar-refractivity contribution < 1.29 is 17.9 Å². The highest BCUT2D eigenvalue weighted by atomic mass is 32.2. The zero-order valence-electron chi connectivity index (χ0n) is 9.18. The van der Waals surface area contributed by atoms with Crippen molar-refractivity contribution in [2.75, 3.05) is 13.2 Å². The lowest BCUT2D eigenvalue weighted by Crippen LogP contribution is -2.15. The Morgan fingerprint density at radius 1 is 1.24 bits per heavy atom. The van der Waals surface area contributed by atoms with Gasteiger partial charge >= 0.3 is 0 Å². The monoisotopic (exact) mass is 252 g/mol. The molecule has 0 fully saturated rings. The second-order valence-electron chi connectivity index (χ2n) is 3.48. The Kier molecular flexibility index (Phi) is 2.93. The number of allylic oxidation sites excluding steroid dienone is 1. The topological polar surface area (TPSA) is 52.6 Å². The highest BCUT2D eigenvalue weighted by Crippen LogP contribution is 2.33. The van der Waals surface area contributed by atoms with Gasteiger partial charge in [0.25, 0.3) is 0 Å². The van der Waals surface area contributed by atoms with Crippen LogP contribution in [0.3, 0.4) is 0 Å². The molecule has 0 saturated carbocycles. The van der Waals surface area contributed by atoms with Crippen molar-refractivity contribution in [3.8, 4) is 11.5 Å². The van der Waals surface area contributed by atoms with Gasteiger partial charge in [0.2, 0.25) is 9.84 Å². The van der Waals surface area contributed by atoms with Crippen molar-refractivity contribution in [1.29, 1.82) is 0 Å². The van der Waals surface area contributed by atoms with Crippen molar-refractivity contribution in [2.24, 2.45) is 0 Å². The second kappa shape index (κ2) is 4.25. The fraction of sp³-hybridized carbons (Fsp3) is 0.167. The van der Waals surface area contributed by atoms with Crippen molar-refractivity contribution in [2.45, 2.75) is 4.90 Å². The summed E-state index contributed by atoms with van der Waals surface area (Å²) in [5.74, 6) is 0.994. The number of hydrogen-bond acceptors (Lipinski definition) is 4. The Hall–Kier alpha value is -1.75. The van der Waals surface area contributed by atoms with Crippen LogP contribution in [0.2, 0.25) is 0 Å². The van der Waals surface area contributed by atoms with Crippen LogP contribution >= 0.6 is 0 Å². The van der Waals surface area contributed by atoms with Crippen molar-refractivity contribution >= 4 is 9.84 Å². The lowest BCUT2D eigenvalue weighted by atomic mass is 10.3. The van der Waals surface area contributed by atoms with E-state index in [1.165, 1.54) is 18.2 Å². The third kappa shape index (κ3) is 2.06. The molecule has 1 aromatic rings. The lowest BCUT2D eigenvalue weighted by Gasteiger charge is -2.18. The van der Waals surface area contributed by atoms with Crippen LogP contribution in [0.1, 0.15) is 0 Å². The van der Waals surface area contributed by atoms with Gasteiger partial charge in [-0.25, -0.2) is 8.42 Å². The van der Waals surface area contributed by atoms with E-state index in [1.807, 2.05) is 0 Å². The quantitative estimate of drug-likeness (QED) is 0.771. The summed E-state index contributed by atoms with van der Waals surface area (Å²) < 4.78 is 34.6. The first kappa shape index (κ1) is 11.7. The molecule has 0 saturated heterocycles. The Morgan fingerprint density at radius 2 is 1.88 bits per heavy atom. The van der Waals surface area contributed by atoms with Gasteiger partial charge in [-0.15, -0.1) is 0 Å². The van der Waals surface area contributed by atoms with Gasteiger partial charge in [-0.1, -0.05) is 19.2 Å². The molecule has 5 heteroatoms. The molecule has 0 aromatic heterocycles. The van der Waals surface area contributed by atoms with E-state index in [2.05, 4.69) is 13.2 Å². The third-order valence-corrected chi connectivity index (χ3v) is 4.13. The van der Waals surface area contributed by atoms with Crippen LogP contribution in [-0.4, -0.2) is 21.6 Å². The summed E-state index contributed by atoms with van der Waals surface area (Å²) in [6, 6.07) is 4.49. The average Bonchev–Trinajstić information content (AvgIpc) is 2.37. The molecule has 0 atom stereocenters. The molecule has 0 unspecified atom stereocenters. The molecule has 90 valence electrons. The summed E-state index contributed by atoms with van der Waals surface area (Å²) in [6.07, 6.45) is 1.21. The van der Waals surface area contributed by atoms with Crippen molar-refractivity contribution in [1.82, 2.24) is 0 Å². The van der Waals surface area contributed by atoms with Gasteiger partial charge in [0, 0.05) is 6.07 Å². The highest BCUT2D eigenvalue weighted by molar-refractivity contribution is 7.95. The molecule has 4 nitrogen and oxygen atoms in total. The van der Waals surface area contributed by atoms with Gasteiger partial charge in [0.1, 0.15) is 13.2 Å². The number of sulfone groups is 1. The molecule has 0 aliphatic carbocycles. The van der Waals surface area contributed by atoms with Crippen LogP contribution in [0.5, 0.6) is 11.5 Å². The van der Waals surface area contributed by atoms with Crippen LogP contribution < -0.4 is 9.47 Å². The summed E-state index contributed by atoms with van der Waals surface area (Å²) in [5, 5.41) is 0. The maximum absolute atomic E-state index is 12.0. The summed E-state index contributed by atoms with van der Waals surface area (Å²) in [4.78, 5) is 0.0980. The minimum Gasteiger partial charge on any atom is -0.486 e. The fourth-order valence-corrected chi connectivity index (χ4v) is 2.48. The molecule has 0 N–H and O–H groups in total. The van der Waals surface area contributed by atoms with E-state index < -0.39 is 9.84 Å². The number of benzene rings is 1. The minimum atomic E-state index is -3.57. The van der Waals surface area contributed by atoms with Gasteiger partial charge in [-0.05, 0) is 12.1 Å². The number of fused-ring (bicyclic) bond motifs is 1. The van der Waals surface area contributed by atoms with Gasteiger partial charge in [0.05, 0.1) is 9.80 Å². The van der Waals surface area contributed by atoms with Gasteiger partial charge in [-0.2, -0.15) is 0 Å². The molecule has 1 aromatic carbocycles. The number of rotatable bonds is 3. The van der Waals surface area contributed by atoms with Crippen LogP contribution in [0.15, 0.2) is 47.2 Å². The maximum Gasteiger partial charge on any atom is 0.206 e. The van der Waals surface area contributed by atoms with Crippen molar-refractivity contribution in [3.05, 3.63) is 42.3 Å². The predicted octanol–water partition coefficient (Wildman–Crippen LogP) is 1.93. The molecule has 0 radical (unpaired) electrons. The van der Waals surface area contributed by atoms with E-state index in [-0.39, 0.29) is 9.80 Å². The Balaban J connectivity index is 2.47. The first-order valence-corrected chi connectivity index (χ1v) is 6.50. The molecule has 1 aliphatic rings. The Morgan fingerprint density at radius 3 is 2.53 bits per heavy atom. The minimum absolute atomic E-state index is 0.0332. The summed E-state index contributed by atoms with van der Waals surface area (Å²) >= 11 is 0. The lowest BCUT2D eigenvalue weighted by molar-refractivity contribution is 0.171. The zero-order chi connectivity index (χ0) is 12.5. The molecule has 1 aliphatic heterocycles. The smallest absolute Gasteiger partial charge is 0.206 e. The molecular weight excluding hydrogens is 240 g/mol. The summed E-state index contributed by atoms with van der Waals surface area (Å²) in [7, 11) is -3.57.